The van der Waals surface area contributed by atoms with Crippen LogP contribution in [-0.2, 0) is 25.4 Å². The highest BCUT2D eigenvalue weighted by atomic mass is 16.6. The number of hydrogen-bond donors (Lipinski definition) is 5. The van der Waals surface area contributed by atoms with E-state index >= 15 is 0 Å². The van der Waals surface area contributed by atoms with Crippen LogP contribution in [0.15, 0.2) is 41.5 Å². The maximum atomic E-state index is 12.9. The number of carbonyl (C=O) groups excluding carboxylic acids is 2. The van der Waals surface area contributed by atoms with Gasteiger partial charge < -0.3 is 45.3 Å². The van der Waals surface area contributed by atoms with Crippen LogP contribution in [0.2, 0.25) is 0 Å². The summed E-state index contributed by atoms with van der Waals surface area (Å²) in [7, 11) is 4.32. The summed E-state index contributed by atoms with van der Waals surface area (Å²) in [4.78, 5) is 24.6. The number of carbonyl (C=O) groups is 2. The number of aliphatic hydroxyl groups excluding tert-OH is 1. The lowest BCUT2D eigenvalue weighted by Crippen LogP contribution is -2.37. The summed E-state index contributed by atoms with van der Waals surface area (Å²) in [6, 6.07) is 1.22. The molecule has 1 aromatic carbocycles. The van der Waals surface area contributed by atoms with Crippen LogP contribution in [0, 0.1) is 11.8 Å². The van der Waals surface area contributed by atoms with Gasteiger partial charge >= 0.3 is 6.09 Å². The van der Waals surface area contributed by atoms with E-state index < -0.39 is 42.3 Å². The SMILES string of the molecule is COc1c(O)cc2c(O)c1C[C@@H](C)C[C@@H](OC)[C@@H](O)[C@@H](C)/C=C(/C)[C@@H](OC(N)=O)[C@H](OC)/C=C\C=C(\C)C(=O)N2. The molecular formula is C29H42N2O9. The lowest BCUT2D eigenvalue weighted by atomic mass is 9.88. The molecule has 0 aromatic heterocycles. The van der Waals surface area contributed by atoms with Crippen LogP contribution in [0.25, 0.3) is 0 Å². The highest BCUT2D eigenvalue weighted by Crippen LogP contribution is 2.43. The van der Waals surface area contributed by atoms with Crippen molar-refractivity contribution in [3.05, 3.63) is 47.1 Å². The molecule has 1 heterocycles. The number of aliphatic hydroxyl groups is 1. The van der Waals surface area contributed by atoms with E-state index in [0.717, 1.165) is 0 Å². The zero-order chi connectivity index (χ0) is 30.1. The molecule has 1 aromatic rings. The number of nitrogens with two attached hydrogens (primary N) is 1. The number of rotatable bonds is 4. The van der Waals surface area contributed by atoms with E-state index in [1.807, 2.05) is 13.8 Å². The summed E-state index contributed by atoms with van der Waals surface area (Å²) in [5, 5.41) is 35.4. The van der Waals surface area contributed by atoms with Crippen molar-refractivity contribution in [3.63, 3.8) is 0 Å². The van der Waals surface area contributed by atoms with Gasteiger partial charge in [0, 0.05) is 37.3 Å². The van der Waals surface area contributed by atoms with Crippen molar-refractivity contribution >= 4 is 17.7 Å². The monoisotopic (exact) mass is 562 g/mol. The lowest BCUT2D eigenvalue weighted by molar-refractivity contribution is -0.112. The molecule has 2 amide bonds. The first kappa shape index (κ1) is 32.7. The molecule has 0 unspecified atom stereocenters. The number of phenolic OH excluding ortho intramolecular Hbond substituents is 2. The minimum absolute atomic E-state index is 0.0154. The number of primary amides is 1. The quantitative estimate of drug-likeness (QED) is 0.209. The van der Waals surface area contributed by atoms with Gasteiger partial charge in [0.05, 0.1) is 25.0 Å². The molecule has 1 aliphatic rings. The normalized spacial score (nSPS) is 30.2. The van der Waals surface area contributed by atoms with Gasteiger partial charge in [0.25, 0.3) is 5.91 Å². The topological polar surface area (TPSA) is 170 Å². The van der Waals surface area contributed by atoms with Crippen molar-refractivity contribution in [2.45, 2.75) is 65.0 Å². The number of allylic oxidation sites excluding steroid dienone is 2. The maximum absolute atomic E-state index is 12.9. The fraction of sp³-hybridized carbons (Fsp3) is 0.517. The summed E-state index contributed by atoms with van der Waals surface area (Å²) in [6.45, 7) is 7.04. The highest BCUT2D eigenvalue weighted by Gasteiger charge is 2.30. The lowest BCUT2D eigenvalue weighted by Gasteiger charge is -2.29. The van der Waals surface area contributed by atoms with Crippen LogP contribution in [-0.4, -0.2) is 73.1 Å². The summed E-state index contributed by atoms with van der Waals surface area (Å²) in [5.74, 6) is -1.48. The number of ether oxygens (including phenoxy) is 4. The predicted molar refractivity (Wildman–Crippen MR) is 150 cm³/mol. The van der Waals surface area contributed by atoms with E-state index in [-0.39, 0.29) is 40.8 Å². The third kappa shape index (κ3) is 8.23. The fourth-order valence-corrected chi connectivity index (χ4v) is 4.81. The number of hydrogen-bond acceptors (Lipinski definition) is 9. The van der Waals surface area contributed by atoms with Crippen molar-refractivity contribution in [2.24, 2.45) is 17.6 Å². The maximum Gasteiger partial charge on any atom is 0.405 e. The molecule has 2 bridgehead atoms. The molecule has 222 valence electrons. The minimum Gasteiger partial charge on any atom is -0.505 e. The number of benzene rings is 1. The van der Waals surface area contributed by atoms with Crippen molar-refractivity contribution in [2.75, 3.05) is 26.6 Å². The second kappa shape index (κ2) is 14.7. The van der Waals surface area contributed by atoms with Crippen molar-refractivity contribution in [1.82, 2.24) is 0 Å². The first-order valence-corrected chi connectivity index (χ1v) is 13.0. The predicted octanol–water partition coefficient (Wildman–Crippen LogP) is 3.57. The molecule has 0 spiro atoms. The number of nitrogens with one attached hydrogen (secondary N) is 1. The second-order valence-corrected chi connectivity index (χ2v) is 10.1. The number of aromatic hydroxyl groups is 2. The number of phenols is 2. The molecule has 1 aliphatic heterocycles. The Morgan fingerprint density at radius 1 is 1.12 bits per heavy atom. The molecule has 0 aliphatic carbocycles. The first-order valence-electron chi connectivity index (χ1n) is 13.0. The van der Waals surface area contributed by atoms with Crippen molar-refractivity contribution in [3.8, 4) is 17.2 Å². The van der Waals surface area contributed by atoms with Gasteiger partial charge in [-0.3, -0.25) is 4.79 Å². The first-order chi connectivity index (χ1) is 18.8. The Bertz CT molecular complexity index is 1140. The van der Waals surface area contributed by atoms with Gasteiger partial charge in [0.2, 0.25) is 0 Å². The molecule has 0 saturated carbocycles. The summed E-state index contributed by atoms with van der Waals surface area (Å²) in [5.41, 5.74) is 6.54. The number of amides is 2. The van der Waals surface area contributed by atoms with Crippen molar-refractivity contribution in [1.29, 1.82) is 0 Å². The highest BCUT2D eigenvalue weighted by molar-refractivity contribution is 6.04. The van der Waals surface area contributed by atoms with Crippen LogP contribution < -0.4 is 15.8 Å². The van der Waals surface area contributed by atoms with E-state index in [0.29, 0.717) is 17.6 Å². The molecule has 0 saturated heterocycles. The average Bonchev–Trinajstić information content (AvgIpc) is 2.90. The third-order valence-corrected chi connectivity index (χ3v) is 6.98. The van der Waals surface area contributed by atoms with E-state index in [9.17, 15) is 24.9 Å². The summed E-state index contributed by atoms with van der Waals surface area (Å²) >= 11 is 0. The largest absolute Gasteiger partial charge is 0.505 e. The third-order valence-electron chi connectivity index (χ3n) is 6.98. The standard InChI is InChI=1S/C29H42N2O9/c1-15-11-19-25(34)20(14-21(32)27(19)39-7)31-28(35)16(2)9-8-10-22(37-5)26(40-29(30)36)18(4)13-17(3)24(33)23(12-15)38-6/h8-10,13-15,17,22-24,26,32-34H,11-12H2,1-7H3,(H2,30,36)(H,31,35)/b10-8-,16-9-,18-13-/t15-,17+,22-,23-,24+,26-/m1/s1. The van der Waals surface area contributed by atoms with Gasteiger partial charge in [-0.25, -0.2) is 4.79 Å². The molecule has 6 N–H and O–H groups in total. The van der Waals surface area contributed by atoms with E-state index in [2.05, 4.69) is 5.32 Å². The van der Waals surface area contributed by atoms with E-state index in [1.54, 1.807) is 32.1 Å². The molecule has 11 nitrogen and oxygen atoms in total. The van der Waals surface area contributed by atoms with Crippen molar-refractivity contribution < 1.29 is 43.9 Å². The Kier molecular flexibility index (Phi) is 12.0. The molecule has 40 heavy (non-hydrogen) atoms. The molecule has 6 atom stereocenters. The number of anilines is 1. The van der Waals surface area contributed by atoms with Gasteiger partial charge in [-0.1, -0.05) is 38.2 Å². The molecule has 0 fully saturated rings. The van der Waals surface area contributed by atoms with Gasteiger partial charge in [-0.05, 0) is 38.2 Å². The van der Waals surface area contributed by atoms with Gasteiger partial charge in [-0.2, -0.15) is 0 Å². The fourth-order valence-electron chi connectivity index (χ4n) is 4.81. The van der Waals surface area contributed by atoms with Gasteiger partial charge in [-0.15, -0.1) is 0 Å². The average molecular weight is 563 g/mol. The van der Waals surface area contributed by atoms with Crippen LogP contribution in [0.3, 0.4) is 0 Å². The Balaban J connectivity index is 2.65. The van der Waals surface area contributed by atoms with Crippen LogP contribution >= 0.6 is 0 Å². The Morgan fingerprint density at radius 3 is 2.38 bits per heavy atom. The minimum atomic E-state index is -0.991. The Morgan fingerprint density at radius 2 is 1.80 bits per heavy atom. The second-order valence-electron chi connectivity index (χ2n) is 10.1. The Labute approximate surface area is 235 Å². The number of methoxy groups -OCH3 is 3. The zero-order valence-electron chi connectivity index (χ0n) is 24.1. The smallest absolute Gasteiger partial charge is 0.405 e. The molecular weight excluding hydrogens is 520 g/mol. The van der Waals surface area contributed by atoms with Gasteiger partial charge in [0.15, 0.2) is 17.6 Å². The van der Waals surface area contributed by atoms with E-state index in [4.69, 9.17) is 24.7 Å². The molecule has 2 rings (SSSR count). The van der Waals surface area contributed by atoms with Crippen LogP contribution in [0.5, 0.6) is 17.2 Å². The molecule has 11 heteroatoms. The summed E-state index contributed by atoms with van der Waals surface area (Å²) in [6.07, 6.45) is 2.93. The van der Waals surface area contributed by atoms with Gasteiger partial charge in [0.1, 0.15) is 11.9 Å². The zero-order valence-corrected chi connectivity index (χ0v) is 24.1. The van der Waals surface area contributed by atoms with E-state index in [1.165, 1.54) is 33.5 Å². The Hall–Kier alpha value is -3.54. The summed E-state index contributed by atoms with van der Waals surface area (Å²) < 4.78 is 21.9. The van der Waals surface area contributed by atoms with Crippen LogP contribution in [0.1, 0.15) is 39.7 Å². The van der Waals surface area contributed by atoms with Crippen LogP contribution in [0.4, 0.5) is 10.5 Å². The molecule has 0 radical (unpaired) electrons. The number of fused-ring (bicyclic) bond motifs is 2.